The molecule has 0 aliphatic carbocycles. The molecule has 8 rings (SSSR count). The normalized spacial score (nSPS) is 15.9. The predicted molar refractivity (Wildman–Crippen MR) is 274 cm³/mol. The van der Waals surface area contributed by atoms with E-state index in [2.05, 4.69) is 146 Å². The summed E-state index contributed by atoms with van der Waals surface area (Å²) in [6, 6.07) is 24.1. The number of fused-ring (bicyclic) bond motifs is 2. The fourth-order valence-electron chi connectivity index (χ4n) is 8.55. The van der Waals surface area contributed by atoms with Crippen LogP contribution in [0.5, 0.6) is 0 Å². The van der Waals surface area contributed by atoms with E-state index in [1.54, 1.807) is 45.8 Å². The molecular formula is C53H70N12O3. The summed E-state index contributed by atoms with van der Waals surface area (Å²) in [5.74, 6) is 1.04. The van der Waals surface area contributed by atoms with Crippen molar-refractivity contribution < 1.29 is 4.79 Å². The number of amides is 1. The SMILES string of the molecule is C=CC(=O)N1CCN(Cc2ccc([C@H](C)Nc3ncc4ccc(=O)n(CC(C)(C)C)c4n3)cc2)CC1.C[C@H](Nc1ncc2ccc(=O)n(CC(C)(C)C)c2n1)c1ccc(CN2CCNCC2)cc1. The number of hydrogen-bond acceptors (Lipinski definition) is 12. The standard InChI is InChI=1S/C28H36N6O2.C25H34N6O/c1-6-24(35)33-15-13-32(14-16-33)18-21-7-9-22(10-8-21)20(2)30-27-29-17-23-11-12-25(36)34(26(23)31-27)19-28(3,4)5;1-18(20-7-5-19(6-8-20)16-30-13-11-26-12-14-30)28-24-27-15-21-9-10-22(32)31(23(21)29-24)17-25(2,3)4/h6-12,17,20H,1,13-16,18-19H2,2-5H3,(H,29,30,31);5-10,15,18,26H,11-14,16-17H2,1-4H3,(H,27,28,29)/t20-;18-/m00/s1. The van der Waals surface area contributed by atoms with Gasteiger partial charge in [0.1, 0.15) is 11.3 Å². The maximum absolute atomic E-state index is 12.6. The topological polar surface area (TPSA) is 158 Å². The van der Waals surface area contributed by atoms with E-state index in [1.165, 1.54) is 22.8 Å². The highest BCUT2D eigenvalue weighted by Crippen LogP contribution is 2.24. The Morgan fingerprint density at radius 3 is 1.44 bits per heavy atom. The predicted octanol–water partition coefficient (Wildman–Crippen LogP) is 7.26. The van der Waals surface area contributed by atoms with Crippen molar-refractivity contribution in [3.63, 3.8) is 0 Å². The van der Waals surface area contributed by atoms with E-state index in [1.807, 2.05) is 4.90 Å². The Morgan fingerprint density at radius 1 is 0.632 bits per heavy atom. The molecule has 15 nitrogen and oxygen atoms in total. The number of benzene rings is 2. The first-order valence-corrected chi connectivity index (χ1v) is 23.9. The molecule has 2 saturated heterocycles. The number of nitrogens with one attached hydrogen (secondary N) is 3. The molecule has 0 radical (unpaired) electrons. The van der Waals surface area contributed by atoms with Gasteiger partial charge in [-0.3, -0.25) is 33.3 Å². The summed E-state index contributed by atoms with van der Waals surface area (Å²) in [7, 11) is 0. The molecule has 2 fully saturated rings. The summed E-state index contributed by atoms with van der Waals surface area (Å²) in [5.41, 5.74) is 6.01. The van der Waals surface area contributed by atoms with Crippen molar-refractivity contribution in [2.24, 2.45) is 10.8 Å². The van der Waals surface area contributed by atoms with Gasteiger partial charge in [-0.1, -0.05) is 96.7 Å². The highest BCUT2D eigenvalue weighted by molar-refractivity contribution is 5.87. The van der Waals surface area contributed by atoms with Crippen LogP contribution in [0.4, 0.5) is 11.9 Å². The lowest BCUT2D eigenvalue weighted by molar-refractivity contribution is -0.127. The Bertz CT molecular complexity index is 2780. The third-order valence-electron chi connectivity index (χ3n) is 12.2. The monoisotopic (exact) mass is 923 g/mol. The number of piperazine rings is 2. The maximum atomic E-state index is 12.6. The van der Waals surface area contributed by atoms with E-state index in [9.17, 15) is 14.4 Å². The van der Waals surface area contributed by atoms with Crippen molar-refractivity contribution in [3.8, 4) is 0 Å². The first-order chi connectivity index (χ1) is 32.4. The number of nitrogens with zero attached hydrogens (tertiary/aromatic N) is 9. The Kier molecular flexibility index (Phi) is 15.9. The third kappa shape index (κ3) is 13.4. The fraction of sp³-hybridized carbons (Fsp3) is 0.453. The van der Waals surface area contributed by atoms with Crippen LogP contribution in [0, 0.1) is 10.8 Å². The summed E-state index contributed by atoms with van der Waals surface area (Å²) in [6.45, 7) is 31.0. The molecule has 0 spiro atoms. The van der Waals surface area contributed by atoms with Crippen LogP contribution >= 0.6 is 0 Å². The van der Waals surface area contributed by atoms with Crippen LogP contribution in [0.15, 0.2) is 107 Å². The van der Waals surface area contributed by atoms with Gasteiger partial charge in [0.25, 0.3) is 11.1 Å². The lowest BCUT2D eigenvalue weighted by atomic mass is 9.96. The number of anilines is 2. The van der Waals surface area contributed by atoms with Crippen LogP contribution in [0.1, 0.15) is 89.7 Å². The second kappa shape index (κ2) is 21.8. The van der Waals surface area contributed by atoms with Crippen molar-refractivity contribution >= 4 is 39.9 Å². The van der Waals surface area contributed by atoms with Crippen LogP contribution in [0.2, 0.25) is 0 Å². The molecule has 15 heteroatoms. The van der Waals surface area contributed by atoms with Gasteiger partial charge in [-0.25, -0.2) is 9.97 Å². The van der Waals surface area contributed by atoms with Gasteiger partial charge in [-0.05, 0) is 65.1 Å². The zero-order valence-corrected chi connectivity index (χ0v) is 41.3. The molecule has 360 valence electrons. The Hall–Kier alpha value is -6.29. The molecule has 3 N–H and O–H groups in total. The lowest BCUT2D eigenvalue weighted by Crippen LogP contribution is -2.47. The smallest absolute Gasteiger partial charge is 0.252 e. The van der Waals surface area contributed by atoms with E-state index < -0.39 is 0 Å². The third-order valence-corrected chi connectivity index (χ3v) is 12.2. The van der Waals surface area contributed by atoms with Crippen molar-refractivity contribution in [3.05, 3.63) is 141 Å². The van der Waals surface area contributed by atoms with Gasteiger partial charge < -0.3 is 20.9 Å². The van der Waals surface area contributed by atoms with Crippen LogP contribution < -0.4 is 27.1 Å². The van der Waals surface area contributed by atoms with Gasteiger partial charge in [0.15, 0.2) is 0 Å². The largest absolute Gasteiger partial charge is 0.348 e. The van der Waals surface area contributed by atoms with Gasteiger partial charge in [-0.2, -0.15) is 9.97 Å². The fourth-order valence-corrected chi connectivity index (χ4v) is 8.55. The molecule has 2 atom stereocenters. The summed E-state index contributed by atoms with van der Waals surface area (Å²) in [5, 5.41) is 11.9. The first kappa shape index (κ1) is 49.6. The quantitative estimate of drug-likeness (QED) is 0.0999. The molecule has 1 amide bonds. The molecule has 68 heavy (non-hydrogen) atoms. The minimum atomic E-state index is -0.0561. The lowest BCUT2D eigenvalue weighted by Gasteiger charge is -2.34. The highest BCUT2D eigenvalue weighted by Gasteiger charge is 2.21. The number of aromatic nitrogens is 6. The number of pyridine rings is 2. The van der Waals surface area contributed by atoms with E-state index >= 15 is 0 Å². The van der Waals surface area contributed by atoms with Crippen LogP contribution in [0.3, 0.4) is 0 Å². The summed E-state index contributed by atoms with van der Waals surface area (Å²) in [4.78, 5) is 61.9. The molecule has 0 unspecified atom stereocenters. The van der Waals surface area contributed by atoms with Gasteiger partial charge in [0, 0.05) is 114 Å². The van der Waals surface area contributed by atoms with Crippen molar-refractivity contribution in [2.75, 3.05) is 63.0 Å². The molecule has 2 aliphatic heterocycles. The number of rotatable bonds is 13. The van der Waals surface area contributed by atoms with E-state index in [0.717, 1.165) is 81.8 Å². The van der Waals surface area contributed by atoms with Gasteiger partial charge in [-0.15, -0.1) is 0 Å². The van der Waals surface area contributed by atoms with Crippen LogP contribution in [0.25, 0.3) is 22.1 Å². The number of carbonyl (C=O) groups is 1. The van der Waals surface area contributed by atoms with E-state index in [-0.39, 0.29) is 39.9 Å². The van der Waals surface area contributed by atoms with E-state index in [4.69, 9.17) is 9.97 Å². The molecule has 2 aliphatic rings. The molecular weight excluding hydrogens is 853 g/mol. The van der Waals surface area contributed by atoms with Gasteiger partial charge in [0.05, 0.1) is 12.1 Å². The minimum absolute atomic E-state index is 0.00328. The summed E-state index contributed by atoms with van der Waals surface area (Å²) >= 11 is 0. The average Bonchev–Trinajstić information content (AvgIpc) is 3.31. The maximum Gasteiger partial charge on any atom is 0.252 e. The molecule has 2 aromatic carbocycles. The van der Waals surface area contributed by atoms with Crippen LogP contribution in [-0.2, 0) is 31.0 Å². The summed E-state index contributed by atoms with van der Waals surface area (Å²) in [6.07, 6.45) is 4.94. The Labute approximate surface area is 400 Å². The number of carbonyl (C=O) groups excluding carboxylic acids is 1. The van der Waals surface area contributed by atoms with Crippen molar-refractivity contribution in [1.82, 2.24) is 49.1 Å². The zero-order chi connectivity index (χ0) is 48.6. The summed E-state index contributed by atoms with van der Waals surface area (Å²) < 4.78 is 3.48. The average molecular weight is 923 g/mol. The Balaban J connectivity index is 0.000000203. The van der Waals surface area contributed by atoms with Crippen molar-refractivity contribution in [1.29, 1.82) is 0 Å². The van der Waals surface area contributed by atoms with Gasteiger partial charge >= 0.3 is 0 Å². The van der Waals surface area contributed by atoms with Crippen LogP contribution in [-0.4, -0.2) is 102 Å². The van der Waals surface area contributed by atoms with Crippen molar-refractivity contribution in [2.45, 2.75) is 93.7 Å². The second-order valence-corrected chi connectivity index (χ2v) is 20.6. The Morgan fingerprint density at radius 2 is 1.04 bits per heavy atom. The van der Waals surface area contributed by atoms with E-state index in [0.29, 0.717) is 36.3 Å². The molecule has 6 aromatic rings. The molecule has 6 heterocycles. The highest BCUT2D eigenvalue weighted by atomic mass is 16.2. The van der Waals surface area contributed by atoms with Gasteiger partial charge in [0.2, 0.25) is 17.8 Å². The first-order valence-electron chi connectivity index (χ1n) is 23.9. The zero-order valence-electron chi connectivity index (χ0n) is 41.3. The molecule has 4 aromatic heterocycles. The minimum Gasteiger partial charge on any atom is -0.348 e. The molecule has 0 saturated carbocycles. The number of hydrogen-bond donors (Lipinski definition) is 3. The molecule has 0 bridgehead atoms. The second-order valence-electron chi connectivity index (χ2n) is 20.6.